The Hall–Kier alpha value is -1.36. The van der Waals surface area contributed by atoms with Gasteiger partial charge in [-0.1, -0.05) is 32.3 Å². The standard InChI is InChI=1S/C30H51NO4/c1-7-8-17-33-18-9-10-25(20-26(32)34-30(4,5)6)28-27(23-15-16-23)29(35-31-28)24-13-11-22(12-14-24)19-21(2)3/h21-25H,7-20H2,1-6H3. The summed E-state index contributed by atoms with van der Waals surface area (Å²) in [4.78, 5) is 12.8. The van der Waals surface area contributed by atoms with E-state index in [1.165, 1.54) is 50.5 Å². The molecule has 0 saturated heterocycles. The van der Waals surface area contributed by atoms with E-state index in [4.69, 9.17) is 14.0 Å². The fraction of sp³-hybridized carbons (Fsp3) is 0.867. The highest BCUT2D eigenvalue weighted by Gasteiger charge is 2.39. The Morgan fingerprint density at radius 2 is 1.69 bits per heavy atom. The van der Waals surface area contributed by atoms with E-state index in [1.54, 1.807) is 0 Å². The molecular formula is C30H51NO4. The Balaban J connectivity index is 1.72. The molecule has 0 amide bonds. The van der Waals surface area contributed by atoms with Crippen LogP contribution in [0.15, 0.2) is 4.52 Å². The Bertz CT molecular complexity index is 766. The Labute approximate surface area is 214 Å². The number of carbonyl (C=O) groups is 1. The molecule has 2 aliphatic rings. The number of esters is 1. The first-order valence-electron chi connectivity index (χ1n) is 14.5. The molecule has 5 heteroatoms. The minimum Gasteiger partial charge on any atom is -0.460 e. The molecule has 3 rings (SSSR count). The molecule has 1 aromatic rings. The Morgan fingerprint density at radius 3 is 2.29 bits per heavy atom. The minimum atomic E-state index is -0.478. The zero-order chi connectivity index (χ0) is 25.4. The molecule has 1 atom stereocenters. The van der Waals surface area contributed by atoms with Crippen LogP contribution in [0.25, 0.3) is 0 Å². The van der Waals surface area contributed by atoms with Crippen molar-refractivity contribution in [1.82, 2.24) is 5.16 Å². The summed E-state index contributed by atoms with van der Waals surface area (Å²) >= 11 is 0. The Kier molecular flexibility index (Phi) is 10.7. The van der Waals surface area contributed by atoms with Gasteiger partial charge in [0.05, 0.1) is 12.1 Å². The van der Waals surface area contributed by atoms with Gasteiger partial charge in [-0.2, -0.15) is 0 Å². The topological polar surface area (TPSA) is 61.6 Å². The lowest BCUT2D eigenvalue weighted by atomic mass is 9.76. The van der Waals surface area contributed by atoms with Crippen molar-refractivity contribution in [3.8, 4) is 0 Å². The number of unbranched alkanes of at least 4 members (excludes halogenated alkanes) is 1. The van der Waals surface area contributed by atoms with E-state index >= 15 is 0 Å². The maximum atomic E-state index is 12.8. The van der Waals surface area contributed by atoms with Gasteiger partial charge in [-0.25, -0.2) is 0 Å². The van der Waals surface area contributed by atoms with Crippen molar-refractivity contribution in [3.63, 3.8) is 0 Å². The highest BCUT2D eigenvalue weighted by molar-refractivity contribution is 5.71. The third-order valence-electron chi connectivity index (χ3n) is 7.49. The predicted octanol–water partition coefficient (Wildman–Crippen LogP) is 8.28. The van der Waals surface area contributed by atoms with E-state index in [2.05, 4.69) is 25.9 Å². The molecule has 1 heterocycles. The minimum absolute atomic E-state index is 0.0324. The summed E-state index contributed by atoms with van der Waals surface area (Å²) in [5.41, 5.74) is 1.90. The van der Waals surface area contributed by atoms with E-state index in [1.807, 2.05) is 20.8 Å². The second-order valence-electron chi connectivity index (χ2n) is 12.6. The van der Waals surface area contributed by atoms with Crippen molar-refractivity contribution >= 4 is 5.97 Å². The number of nitrogens with zero attached hydrogens (tertiary/aromatic N) is 1. The van der Waals surface area contributed by atoms with Gasteiger partial charge in [0.1, 0.15) is 11.4 Å². The lowest BCUT2D eigenvalue weighted by molar-refractivity contribution is -0.155. The predicted molar refractivity (Wildman–Crippen MR) is 141 cm³/mol. The summed E-state index contributed by atoms with van der Waals surface area (Å²) in [7, 11) is 0. The molecule has 1 unspecified atom stereocenters. The van der Waals surface area contributed by atoms with Gasteiger partial charge >= 0.3 is 5.97 Å². The summed E-state index contributed by atoms with van der Waals surface area (Å²) in [6.45, 7) is 14.2. The van der Waals surface area contributed by atoms with Crippen LogP contribution in [0.2, 0.25) is 0 Å². The number of rotatable bonds is 14. The summed E-state index contributed by atoms with van der Waals surface area (Å²) in [5, 5.41) is 4.67. The Morgan fingerprint density at radius 1 is 1.03 bits per heavy atom. The van der Waals surface area contributed by atoms with Gasteiger partial charge in [0.2, 0.25) is 0 Å². The maximum Gasteiger partial charge on any atom is 0.306 e. The molecule has 2 saturated carbocycles. The largest absolute Gasteiger partial charge is 0.460 e. The van der Waals surface area contributed by atoms with Crippen LogP contribution in [-0.4, -0.2) is 29.9 Å². The van der Waals surface area contributed by atoms with Crippen LogP contribution in [0.3, 0.4) is 0 Å². The third-order valence-corrected chi connectivity index (χ3v) is 7.49. The van der Waals surface area contributed by atoms with Gasteiger partial charge in [-0.05, 0) is 103 Å². The fourth-order valence-corrected chi connectivity index (χ4v) is 5.72. The first kappa shape index (κ1) is 28.2. The van der Waals surface area contributed by atoms with E-state index in [-0.39, 0.29) is 11.9 Å². The highest BCUT2D eigenvalue weighted by Crippen LogP contribution is 2.50. The summed E-state index contributed by atoms with van der Waals surface area (Å²) in [5.74, 6) is 3.69. The van der Waals surface area contributed by atoms with Crippen molar-refractivity contribution in [2.75, 3.05) is 13.2 Å². The van der Waals surface area contributed by atoms with Crippen molar-refractivity contribution in [3.05, 3.63) is 17.0 Å². The zero-order valence-corrected chi connectivity index (χ0v) is 23.4. The molecule has 0 aromatic carbocycles. The zero-order valence-electron chi connectivity index (χ0n) is 23.4. The SMILES string of the molecule is CCCCOCCCC(CC(=O)OC(C)(C)C)c1noc(C2CCC(CC(C)C)CC2)c1C1CC1. The van der Waals surface area contributed by atoms with Gasteiger partial charge < -0.3 is 14.0 Å². The van der Waals surface area contributed by atoms with Gasteiger partial charge in [-0.3, -0.25) is 4.79 Å². The van der Waals surface area contributed by atoms with Crippen LogP contribution >= 0.6 is 0 Å². The molecule has 2 fully saturated rings. The van der Waals surface area contributed by atoms with Gasteiger partial charge in [0, 0.05) is 30.6 Å². The van der Waals surface area contributed by atoms with Gasteiger partial charge in [0.15, 0.2) is 0 Å². The molecule has 2 aliphatic carbocycles. The quantitative estimate of drug-likeness (QED) is 0.194. The van der Waals surface area contributed by atoms with Crippen LogP contribution in [-0.2, 0) is 14.3 Å². The lowest BCUT2D eigenvalue weighted by Gasteiger charge is -2.28. The van der Waals surface area contributed by atoms with E-state index in [0.717, 1.165) is 62.2 Å². The monoisotopic (exact) mass is 489 g/mol. The summed E-state index contributed by atoms with van der Waals surface area (Å²) < 4.78 is 17.7. The van der Waals surface area contributed by atoms with Crippen molar-refractivity contribution < 1.29 is 18.8 Å². The first-order valence-corrected chi connectivity index (χ1v) is 14.5. The molecule has 0 spiro atoms. The number of hydrogen-bond donors (Lipinski definition) is 0. The van der Waals surface area contributed by atoms with E-state index in [0.29, 0.717) is 18.3 Å². The molecule has 1 aromatic heterocycles. The molecular weight excluding hydrogens is 438 g/mol. The van der Waals surface area contributed by atoms with E-state index < -0.39 is 5.60 Å². The molecule has 0 aliphatic heterocycles. The number of carbonyl (C=O) groups excluding carboxylic acids is 1. The summed E-state index contributed by atoms with van der Waals surface area (Å²) in [6, 6.07) is 0. The van der Waals surface area contributed by atoms with E-state index in [9.17, 15) is 4.79 Å². The molecule has 0 N–H and O–H groups in total. The van der Waals surface area contributed by atoms with Gasteiger partial charge in [0.25, 0.3) is 0 Å². The molecule has 0 radical (unpaired) electrons. The van der Waals surface area contributed by atoms with Crippen molar-refractivity contribution in [1.29, 1.82) is 0 Å². The highest BCUT2D eigenvalue weighted by atomic mass is 16.6. The second kappa shape index (κ2) is 13.3. The van der Waals surface area contributed by atoms with Crippen LogP contribution < -0.4 is 0 Å². The number of aromatic nitrogens is 1. The molecule has 200 valence electrons. The normalized spacial score (nSPS) is 21.9. The van der Waals surface area contributed by atoms with Crippen molar-refractivity contribution in [2.45, 2.75) is 142 Å². The van der Waals surface area contributed by atoms with Crippen LogP contribution in [0, 0.1) is 11.8 Å². The number of hydrogen-bond acceptors (Lipinski definition) is 5. The average molecular weight is 490 g/mol. The number of ether oxygens (including phenoxy) is 2. The maximum absolute atomic E-state index is 12.8. The lowest BCUT2D eigenvalue weighted by Crippen LogP contribution is -2.25. The van der Waals surface area contributed by atoms with Crippen molar-refractivity contribution in [2.24, 2.45) is 11.8 Å². The van der Waals surface area contributed by atoms with Crippen LogP contribution in [0.1, 0.15) is 153 Å². The first-order chi connectivity index (χ1) is 16.7. The smallest absolute Gasteiger partial charge is 0.306 e. The molecule has 5 nitrogen and oxygen atoms in total. The molecule has 35 heavy (non-hydrogen) atoms. The fourth-order valence-electron chi connectivity index (χ4n) is 5.72. The average Bonchev–Trinajstić information content (AvgIpc) is 3.52. The second-order valence-corrected chi connectivity index (χ2v) is 12.6. The van der Waals surface area contributed by atoms with Gasteiger partial charge in [-0.15, -0.1) is 0 Å². The third kappa shape index (κ3) is 9.22. The van der Waals surface area contributed by atoms with Crippen LogP contribution in [0.4, 0.5) is 0 Å². The summed E-state index contributed by atoms with van der Waals surface area (Å²) in [6.07, 6.45) is 13.1. The molecule has 0 bridgehead atoms. The van der Waals surface area contributed by atoms with Crippen LogP contribution in [0.5, 0.6) is 0 Å².